The predicted molar refractivity (Wildman–Crippen MR) is 117 cm³/mol. The van der Waals surface area contributed by atoms with Crippen LogP contribution in [0.2, 0.25) is 0 Å². The molecule has 0 bridgehead atoms. The Morgan fingerprint density at radius 3 is 2.27 bits per heavy atom. The molecule has 0 saturated heterocycles. The van der Waals surface area contributed by atoms with Crippen LogP contribution in [0.15, 0.2) is 59.6 Å². The van der Waals surface area contributed by atoms with Gasteiger partial charge in [0, 0.05) is 6.54 Å². The summed E-state index contributed by atoms with van der Waals surface area (Å²) in [5.41, 5.74) is 19.8. The van der Waals surface area contributed by atoms with Gasteiger partial charge >= 0.3 is 5.97 Å². The highest BCUT2D eigenvalue weighted by Gasteiger charge is 2.24. The highest BCUT2D eigenvalue weighted by molar-refractivity contribution is 5.87. The quantitative estimate of drug-likeness (QED) is 0.198. The topological polar surface area (TPSA) is 146 Å². The predicted octanol–water partition coefficient (Wildman–Crippen LogP) is 0.935. The van der Waals surface area contributed by atoms with Gasteiger partial charge in [0.15, 0.2) is 5.96 Å². The van der Waals surface area contributed by atoms with Crippen molar-refractivity contribution in [2.24, 2.45) is 22.2 Å². The van der Waals surface area contributed by atoms with E-state index in [2.05, 4.69) is 10.3 Å². The summed E-state index contributed by atoms with van der Waals surface area (Å²) in [5, 5.41) is 2.66. The second-order valence-corrected chi connectivity index (χ2v) is 6.91. The molecule has 0 radical (unpaired) electrons. The molecule has 0 spiro atoms. The lowest BCUT2D eigenvalue weighted by Crippen LogP contribution is -2.49. The van der Waals surface area contributed by atoms with E-state index in [-0.39, 0.29) is 5.96 Å². The van der Waals surface area contributed by atoms with Crippen molar-refractivity contribution in [2.45, 2.75) is 31.3 Å². The summed E-state index contributed by atoms with van der Waals surface area (Å²) in [5.74, 6) is -0.971. The number of carbonyl (C=O) groups excluding carboxylic acids is 2. The van der Waals surface area contributed by atoms with Crippen molar-refractivity contribution in [3.63, 3.8) is 0 Å². The van der Waals surface area contributed by atoms with E-state index < -0.39 is 24.0 Å². The Morgan fingerprint density at radius 1 is 1.03 bits per heavy atom. The van der Waals surface area contributed by atoms with E-state index in [0.717, 1.165) is 16.7 Å². The van der Waals surface area contributed by atoms with Gasteiger partial charge in [0.2, 0.25) is 5.91 Å². The van der Waals surface area contributed by atoms with E-state index in [9.17, 15) is 9.59 Å². The number of ether oxygens (including phenoxy) is 1. The van der Waals surface area contributed by atoms with Crippen molar-refractivity contribution >= 4 is 17.8 Å². The molecule has 0 aliphatic carbocycles. The molecule has 0 saturated carbocycles. The molecule has 1 amide bonds. The first-order valence-corrected chi connectivity index (χ1v) is 9.74. The van der Waals surface area contributed by atoms with Crippen LogP contribution >= 0.6 is 0 Å². The number of nitrogens with two attached hydrogens (primary N) is 3. The average Bonchev–Trinajstić information content (AvgIpc) is 2.76. The Morgan fingerprint density at radius 2 is 1.67 bits per heavy atom. The van der Waals surface area contributed by atoms with Crippen LogP contribution in [0.25, 0.3) is 11.1 Å². The number of hydrogen-bond donors (Lipinski definition) is 4. The highest BCUT2D eigenvalue weighted by atomic mass is 16.5. The van der Waals surface area contributed by atoms with Crippen LogP contribution in [0, 0.1) is 0 Å². The molecule has 160 valence electrons. The molecule has 0 aromatic heterocycles. The van der Waals surface area contributed by atoms with Crippen molar-refractivity contribution < 1.29 is 14.3 Å². The molecule has 0 aliphatic heterocycles. The van der Waals surface area contributed by atoms with E-state index >= 15 is 0 Å². The van der Waals surface area contributed by atoms with Crippen molar-refractivity contribution in [3.05, 3.63) is 60.2 Å². The number of nitrogens with zero attached hydrogens (tertiary/aromatic N) is 1. The highest BCUT2D eigenvalue weighted by Crippen LogP contribution is 2.19. The van der Waals surface area contributed by atoms with Crippen LogP contribution in [0.1, 0.15) is 18.4 Å². The number of nitrogens with one attached hydrogen (secondary N) is 1. The first kappa shape index (κ1) is 22.9. The molecule has 2 aromatic rings. The van der Waals surface area contributed by atoms with Crippen molar-refractivity contribution in [2.75, 3.05) is 13.7 Å². The molecule has 2 aromatic carbocycles. The lowest BCUT2D eigenvalue weighted by Gasteiger charge is -2.19. The second-order valence-electron chi connectivity index (χ2n) is 6.91. The van der Waals surface area contributed by atoms with Gasteiger partial charge < -0.3 is 27.3 Å². The number of rotatable bonds is 10. The third kappa shape index (κ3) is 7.21. The molecular weight excluding hydrogens is 382 g/mol. The van der Waals surface area contributed by atoms with Crippen molar-refractivity contribution in [1.82, 2.24) is 5.32 Å². The van der Waals surface area contributed by atoms with Crippen LogP contribution in [0.5, 0.6) is 0 Å². The smallest absolute Gasteiger partial charge is 0.328 e. The fraction of sp³-hybridized carbons (Fsp3) is 0.318. The van der Waals surface area contributed by atoms with Crippen LogP contribution in [-0.4, -0.2) is 43.6 Å². The lowest BCUT2D eigenvalue weighted by atomic mass is 10.0. The van der Waals surface area contributed by atoms with Gasteiger partial charge in [0.1, 0.15) is 6.04 Å². The zero-order valence-electron chi connectivity index (χ0n) is 17.1. The Hall–Kier alpha value is -3.39. The maximum atomic E-state index is 12.5. The van der Waals surface area contributed by atoms with Gasteiger partial charge in [-0.25, -0.2) is 4.79 Å². The number of aliphatic imine (C=N–C) groups is 1. The van der Waals surface area contributed by atoms with Gasteiger partial charge in [-0.3, -0.25) is 9.79 Å². The van der Waals surface area contributed by atoms with Crippen molar-refractivity contribution in [3.8, 4) is 11.1 Å². The Balaban J connectivity index is 1.92. The molecule has 2 rings (SSSR count). The molecule has 0 fully saturated rings. The summed E-state index contributed by atoms with van der Waals surface area (Å²) in [6, 6.07) is 16.3. The number of methoxy groups -OCH3 is 1. The van der Waals surface area contributed by atoms with Crippen LogP contribution < -0.4 is 22.5 Å². The van der Waals surface area contributed by atoms with E-state index in [4.69, 9.17) is 21.9 Å². The third-order valence-electron chi connectivity index (χ3n) is 4.60. The molecule has 7 N–H and O–H groups in total. The summed E-state index contributed by atoms with van der Waals surface area (Å²) >= 11 is 0. The number of benzene rings is 2. The summed E-state index contributed by atoms with van der Waals surface area (Å²) in [7, 11) is 1.27. The third-order valence-corrected chi connectivity index (χ3v) is 4.60. The molecule has 8 nitrogen and oxygen atoms in total. The van der Waals surface area contributed by atoms with Crippen LogP contribution in [0.3, 0.4) is 0 Å². The Kier molecular flexibility index (Phi) is 8.83. The second kappa shape index (κ2) is 11.6. The number of hydrogen-bond acceptors (Lipinski definition) is 5. The summed E-state index contributed by atoms with van der Waals surface area (Å²) in [6.07, 6.45) is 1.20. The molecule has 2 atom stereocenters. The Labute approximate surface area is 176 Å². The maximum Gasteiger partial charge on any atom is 0.328 e. The first-order valence-electron chi connectivity index (χ1n) is 9.74. The minimum absolute atomic E-state index is 0.0195. The van der Waals surface area contributed by atoms with Crippen molar-refractivity contribution in [1.29, 1.82) is 0 Å². The van der Waals surface area contributed by atoms with Gasteiger partial charge in [0.05, 0.1) is 13.2 Å². The number of carbonyl (C=O) groups is 2. The monoisotopic (exact) mass is 411 g/mol. The fourth-order valence-corrected chi connectivity index (χ4v) is 2.98. The minimum atomic E-state index is -0.803. The zero-order valence-corrected chi connectivity index (χ0v) is 17.1. The van der Waals surface area contributed by atoms with Gasteiger partial charge in [-0.15, -0.1) is 0 Å². The van der Waals surface area contributed by atoms with Gasteiger partial charge in [-0.2, -0.15) is 0 Å². The number of amides is 1. The standard InChI is InChI=1S/C22H29N5O3/c1-30-21(29)19(8-5-13-26-22(24)25)27-20(28)18(23)14-15-9-11-17(12-10-15)16-6-3-2-4-7-16/h2-4,6-7,9-12,18-19H,5,8,13-14,23H2,1H3,(H,27,28)(H4,24,25,26)/t18-,19-/m0/s1. The maximum absolute atomic E-state index is 12.5. The van der Waals surface area contributed by atoms with E-state index in [0.29, 0.717) is 25.8 Å². The van der Waals surface area contributed by atoms with Crippen LogP contribution in [0.4, 0.5) is 0 Å². The largest absolute Gasteiger partial charge is 0.467 e. The summed E-state index contributed by atoms with van der Waals surface area (Å²) < 4.78 is 4.76. The van der Waals surface area contributed by atoms with Gasteiger partial charge in [0.25, 0.3) is 0 Å². The Bertz CT molecular complexity index is 849. The lowest BCUT2D eigenvalue weighted by molar-refractivity contribution is -0.145. The molecular formula is C22H29N5O3. The molecule has 0 unspecified atom stereocenters. The molecule has 0 aliphatic rings. The number of esters is 1. The van der Waals surface area contributed by atoms with E-state index in [1.165, 1.54) is 7.11 Å². The fourth-order valence-electron chi connectivity index (χ4n) is 2.98. The SMILES string of the molecule is COC(=O)[C@H](CCCN=C(N)N)NC(=O)[C@@H](N)Cc1ccc(-c2ccccc2)cc1. The first-order chi connectivity index (χ1) is 14.4. The minimum Gasteiger partial charge on any atom is -0.467 e. The van der Waals surface area contributed by atoms with E-state index in [1.807, 2.05) is 54.6 Å². The van der Waals surface area contributed by atoms with E-state index in [1.54, 1.807) is 0 Å². The van der Waals surface area contributed by atoms with Gasteiger partial charge in [-0.05, 0) is 36.0 Å². The molecule has 30 heavy (non-hydrogen) atoms. The van der Waals surface area contributed by atoms with Crippen LogP contribution in [-0.2, 0) is 20.7 Å². The molecule has 0 heterocycles. The zero-order chi connectivity index (χ0) is 21.9. The average molecular weight is 412 g/mol. The van der Waals surface area contributed by atoms with Gasteiger partial charge in [-0.1, -0.05) is 54.6 Å². The summed E-state index contributed by atoms with van der Waals surface area (Å²) in [4.78, 5) is 28.3. The number of guanidine groups is 1. The molecule has 8 heteroatoms. The normalized spacial score (nSPS) is 12.5. The summed E-state index contributed by atoms with van der Waals surface area (Å²) in [6.45, 7) is 0.353.